The van der Waals surface area contributed by atoms with Gasteiger partial charge in [-0.3, -0.25) is 14.5 Å². The summed E-state index contributed by atoms with van der Waals surface area (Å²) in [7, 11) is 0. The summed E-state index contributed by atoms with van der Waals surface area (Å²) in [5.74, 6) is -0.497. The fourth-order valence-corrected chi connectivity index (χ4v) is 3.39. The molecule has 0 aliphatic carbocycles. The maximum absolute atomic E-state index is 12.6. The molecule has 2 rings (SSSR count). The molecule has 2 aromatic carbocycles. The molecule has 2 aromatic rings. The van der Waals surface area contributed by atoms with Crippen molar-refractivity contribution in [3.05, 3.63) is 70.7 Å². The largest absolute Gasteiger partial charge is 0.352 e. The molecule has 2 amide bonds. The highest BCUT2D eigenvalue weighted by Gasteiger charge is 2.23. The van der Waals surface area contributed by atoms with E-state index in [1.54, 1.807) is 31.2 Å². The molecule has 0 saturated carbocycles. The molecule has 2 unspecified atom stereocenters. The molecular formula is C22H28ClN3O2. The van der Waals surface area contributed by atoms with Crippen LogP contribution in [0.1, 0.15) is 42.7 Å². The lowest BCUT2D eigenvalue weighted by Gasteiger charge is -2.31. The van der Waals surface area contributed by atoms with Gasteiger partial charge in [0.05, 0.1) is 6.04 Å². The first-order valence-corrected chi connectivity index (χ1v) is 9.97. The number of nitrogens with one attached hydrogen (secondary N) is 2. The van der Waals surface area contributed by atoms with Crippen LogP contribution in [0.3, 0.4) is 0 Å². The van der Waals surface area contributed by atoms with Gasteiger partial charge >= 0.3 is 0 Å². The topological polar surface area (TPSA) is 61.4 Å². The van der Waals surface area contributed by atoms with Crippen LogP contribution in [-0.2, 0) is 4.79 Å². The molecule has 0 spiro atoms. The summed E-state index contributed by atoms with van der Waals surface area (Å²) in [6.07, 6.45) is 0. The maximum atomic E-state index is 12.6. The Labute approximate surface area is 172 Å². The first-order chi connectivity index (χ1) is 13.5. The summed E-state index contributed by atoms with van der Waals surface area (Å²) in [5.41, 5.74) is 1.51. The maximum Gasteiger partial charge on any atom is 0.251 e. The number of hydrogen-bond acceptors (Lipinski definition) is 3. The van der Waals surface area contributed by atoms with Gasteiger partial charge in [0.2, 0.25) is 5.91 Å². The van der Waals surface area contributed by atoms with Gasteiger partial charge in [0, 0.05) is 17.1 Å². The summed E-state index contributed by atoms with van der Waals surface area (Å²) < 4.78 is 0. The lowest BCUT2D eigenvalue weighted by atomic mass is 10.0. The Morgan fingerprint density at radius 3 is 2.21 bits per heavy atom. The van der Waals surface area contributed by atoms with Gasteiger partial charge in [-0.15, -0.1) is 0 Å². The van der Waals surface area contributed by atoms with Crippen molar-refractivity contribution in [1.82, 2.24) is 15.5 Å². The minimum absolute atomic E-state index is 0.0373. The minimum atomic E-state index is -0.642. The Morgan fingerprint density at radius 2 is 1.61 bits per heavy atom. The quantitative estimate of drug-likeness (QED) is 0.674. The van der Waals surface area contributed by atoms with Crippen molar-refractivity contribution in [2.24, 2.45) is 0 Å². The average molecular weight is 402 g/mol. The molecule has 0 fully saturated rings. The molecule has 0 saturated heterocycles. The fourth-order valence-electron chi connectivity index (χ4n) is 3.13. The smallest absolute Gasteiger partial charge is 0.251 e. The Bertz CT molecular complexity index is 778. The van der Waals surface area contributed by atoms with Gasteiger partial charge in [0.25, 0.3) is 5.91 Å². The highest BCUT2D eigenvalue weighted by molar-refractivity contribution is 6.31. The standard InChI is InChI=1S/C22H28ClN3O2/c1-4-26(5-2)20(18-13-9-10-14-19(18)23)15-24-21(27)16(3)25-22(28)17-11-7-6-8-12-17/h6-14,16,20H,4-5,15H2,1-3H3,(H,24,27)(H,25,28). The van der Waals surface area contributed by atoms with Crippen LogP contribution in [0.5, 0.6) is 0 Å². The van der Waals surface area contributed by atoms with Gasteiger partial charge in [-0.05, 0) is 43.8 Å². The third kappa shape index (κ3) is 5.81. The first-order valence-electron chi connectivity index (χ1n) is 9.60. The van der Waals surface area contributed by atoms with E-state index in [2.05, 4.69) is 29.4 Å². The van der Waals surface area contributed by atoms with Crippen molar-refractivity contribution in [3.8, 4) is 0 Å². The van der Waals surface area contributed by atoms with Gasteiger partial charge in [0.15, 0.2) is 0 Å². The van der Waals surface area contributed by atoms with Crippen LogP contribution in [-0.4, -0.2) is 42.4 Å². The number of carbonyl (C=O) groups is 2. The van der Waals surface area contributed by atoms with E-state index in [-0.39, 0.29) is 17.9 Å². The molecule has 2 N–H and O–H groups in total. The molecule has 5 nitrogen and oxygen atoms in total. The number of likely N-dealkylation sites (N-methyl/N-ethyl adjacent to an activating group) is 1. The molecule has 6 heteroatoms. The van der Waals surface area contributed by atoms with Crippen molar-refractivity contribution in [3.63, 3.8) is 0 Å². The summed E-state index contributed by atoms with van der Waals surface area (Å²) in [5, 5.41) is 6.38. The second kappa shape index (κ2) is 10.8. The van der Waals surface area contributed by atoms with Gasteiger partial charge in [-0.25, -0.2) is 0 Å². The van der Waals surface area contributed by atoms with Crippen LogP contribution >= 0.6 is 11.6 Å². The Kier molecular flexibility index (Phi) is 8.48. The van der Waals surface area contributed by atoms with Crippen LogP contribution in [0, 0.1) is 0 Å². The third-order valence-corrected chi connectivity index (χ3v) is 5.11. The molecule has 28 heavy (non-hydrogen) atoms. The van der Waals surface area contributed by atoms with Gasteiger partial charge in [0.1, 0.15) is 6.04 Å². The van der Waals surface area contributed by atoms with Crippen LogP contribution in [0.2, 0.25) is 5.02 Å². The molecule has 150 valence electrons. The SMILES string of the molecule is CCN(CC)C(CNC(=O)C(C)NC(=O)c1ccccc1)c1ccccc1Cl. The van der Waals surface area contributed by atoms with E-state index in [0.717, 1.165) is 18.7 Å². The van der Waals surface area contributed by atoms with Crippen LogP contribution < -0.4 is 10.6 Å². The van der Waals surface area contributed by atoms with E-state index < -0.39 is 6.04 Å². The molecule has 2 atom stereocenters. The highest BCUT2D eigenvalue weighted by Crippen LogP contribution is 2.26. The van der Waals surface area contributed by atoms with Crippen LogP contribution in [0.25, 0.3) is 0 Å². The predicted octanol–water partition coefficient (Wildman–Crippen LogP) is 3.66. The fraction of sp³-hybridized carbons (Fsp3) is 0.364. The first kappa shape index (κ1) is 21.9. The van der Waals surface area contributed by atoms with Crippen LogP contribution in [0.4, 0.5) is 0 Å². The Hall–Kier alpha value is -2.37. The van der Waals surface area contributed by atoms with E-state index >= 15 is 0 Å². The van der Waals surface area contributed by atoms with E-state index in [0.29, 0.717) is 17.1 Å². The zero-order valence-corrected chi connectivity index (χ0v) is 17.4. The lowest BCUT2D eigenvalue weighted by molar-refractivity contribution is -0.122. The second-order valence-electron chi connectivity index (χ2n) is 6.56. The number of halogens is 1. The third-order valence-electron chi connectivity index (χ3n) is 4.76. The number of carbonyl (C=O) groups excluding carboxylic acids is 2. The van der Waals surface area contributed by atoms with E-state index in [1.807, 2.05) is 30.3 Å². The molecule has 0 aromatic heterocycles. The molecule has 0 radical (unpaired) electrons. The number of hydrogen-bond donors (Lipinski definition) is 2. The van der Waals surface area contributed by atoms with Crippen molar-refractivity contribution in [1.29, 1.82) is 0 Å². The molecule has 0 aliphatic rings. The van der Waals surface area contributed by atoms with E-state index in [9.17, 15) is 9.59 Å². The minimum Gasteiger partial charge on any atom is -0.352 e. The number of amides is 2. The van der Waals surface area contributed by atoms with Crippen molar-refractivity contribution in [2.75, 3.05) is 19.6 Å². The molecule has 0 aliphatic heterocycles. The van der Waals surface area contributed by atoms with Gasteiger partial charge in [-0.2, -0.15) is 0 Å². The summed E-state index contributed by atoms with van der Waals surface area (Å²) in [6, 6.07) is 15.9. The van der Waals surface area contributed by atoms with Crippen molar-refractivity contribution in [2.45, 2.75) is 32.9 Å². The lowest BCUT2D eigenvalue weighted by Crippen LogP contribution is -2.47. The molecule has 0 bridgehead atoms. The van der Waals surface area contributed by atoms with Gasteiger partial charge in [-0.1, -0.05) is 61.8 Å². The molecule has 0 heterocycles. The van der Waals surface area contributed by atoms with Crippen molar-refractivity contribution < 1.29 is 9.59 Å². The van der Waals surface area contributed by atoms with Gasteiger partial charge < -0.3 is 10.6 Å². The zero-order valence-electron chi connectivity index (χ0n) is 16.6. The zero-order chi connectivity index (χ0) is 20.5. The summed E-state index contributed by atoms with van der Waals surface area (Å²) in [4.78, 5) is 27.0. The average Bonchev–Trinajstić information content (AvgIpc) is 2.72. The highest BCUT2D eigenvalue weighted by atomic mass is 35.5. The normalized spacial score (nSPS) is 13.0. The number of rotatable bonds is 9. The van der Waals surface area contributed by atoms with E-state index in [4.69, 9.17) is 11.6 Å². The monoisotopic (exact) mass is 401 g/mol. The molecular weight excluding hydrogens is 374 g/mol. The Morgan fingerprint density at radius 1 is 1.00 bits per heavy atom. The summed E-state index contributed by atoms with van der Waals surface area (Å²) in [6.45, 7) is 7.93. The van der Waals surface area contributed by atoms with Crippen molar-refractivity contribution >= 4 is 23.4 Å². The summed E-state index contributed by atoms with van der Waals surface area (Å²) >= 11 is 6.40. The number of benzene rings is 2. The second-order valence-corrected chi connectivity index (χ2v) is 6.97. The van der Waals surface area contributed by atoms with E-state index in [1.165, 1.54) is 0 Å². The Balaban J connectivity index is 2.02. The van der Waals surface area contributed by atoms with Crippen LogP contribution in [0.15, 0.2) is 54.6 Å². The predicted molar refractivity (Wildman–Crippen MR) is 113 cm³/mol. The number of nitrogens with zero attached hydrogens (tertiary/aromatic N) is 1.